The molecule has 2 rings (SSSR count). The summed E-state index contributed by atoms with van der Waals surface area (Å²) in [5.41, 5.74) is 0. The van der Waals surface area contributed by atoms with Crippen LogP contribution in [0.25, 0.3) is 0 Å². The second kappa shape index (κ2) is 7.83. The zero-order chi connectivity index (χ0) is 8.93. The van der Waals surface area contributed by atoms with Crippen molar-refractivity contribution in [3.63, 3.8) is 0 Å². The van der Waals surface area contributed by atoms with Crippen LogP contribution in [0.15, 0.2) is 48.8 Å². The number of nitrogens with zero attached hydrogens (tertiary/aromatic N) is 2. The number of aromatic nitrogens is 2. The Labute approximate surface area is 110 Å². The summed E-state index contributed by atoms with van der Waals surface area (Å²) in [6, 6.07) is 12.1. The molecule has 0 amide bonds. The zero-order valence-electron chi connectivity index (χ0n) is 7.83. The summed E-state index contributed by atoms with van der Waals surface area (Å²) in [4.78, 5) is 8.58. The molecule has 0 bridgehead atoms. The van der Waals surface area contributed by atoms with Crippen molar-refractivity contribution in [3.8, 4) is 0 Å². The molecule has 0 aromatic carbocycles. The van der Waals surface area contributed by atoms with Crippen molar-refractivity contribution in [2.75, 3.05) is 0 Å². The number of pyridine rings is 2. The van der Waals surface area contributed by atoms with Crippen LogP contribution in [0.3, 0.4) is 0 Å². The summed E-state index contributed by atoms with van der Waals surface area (Å²) in [5.74, 6) is 0. The number of hydrogen-bond acceptors (Lipinski definition) is 2. The second-order valence-corrected chi connectivity index (χ2v) is 4.55. The minimum atomic E-state index is -0.330. The van der Waals surface area contributed by atoms with Crippen molar-refractivity contribution in [1.82, 2.24) is 9.97 Å². The third-order valence-corrected chi connectivity index (χ3v) is 3.31. The third-order valence-electron chi connectivity index (χ3n) is 1.59. The molecule has 2 heterocycles. The Morgan fingerprint density at radius 2 is 1.20 bits per heavy atom. The van der Waals surface area contributed by atoms with E-state index in [1.54, 1.807) is 0 Å². The number of halogens is 2. The summed E-state index contributed by atoms with van der Waals surface area (Å²) in [6.45, 7) is 0. The molecule has 5 heteroatoms. The summed E-state index contributed by atoms with van der Waals surface area (Å²) in [5, 5.41) is 0. The SMILES string of the molecule is Cl.Cl.c1cc[c]([Ti][c]2ccccn2)nc1. The average Bonchev–Trinajstić information content (AvgIpc) is 2.21. The van der Waals surface area contributed by atoms with E-state index in [9.17, 15) is 0 Å². The predicted octanol–water partition coefficient (Wildman–Crippen LogP) is 1.35. The molecule has 15 heavy (non-hydrogen) atoms. The second-order valence-electron chi connectivity index (χ2n) is 2.55. The Bertz CT molecular complexity index is 332. The Morgan fingerprint density at radius 1 is 0.733 bits per heavy atom. The number of hydrogen-bond donors (Lipinski definition) is 0. The molecule has 2 nitrogen and oxygen atoms in total. The van der Waals surface area contributed by atoms with Gasteiger partial charge in [0.2, 0.25) is 0 Å². The third kappa shape index (κ3) is 4.76. The standard InChI is InChI=1S/2C5H4N.2ClH.Ti/c2*1-2-4-6-5-3-1;;;/h2*1-4H;2*1H;. The molecule has 0 aliphatic carbocycles. The minimum absolute atomic E-state index is 0. The first-order valence-corrected chi connectivity index (χ1v) is 5.60. The van der Waals surface area contributed by atoms with Gasteiger partial charge in [-0.2, -0.15) is 0 Å². The van der Waals surface area contributed by atoms with E-state index in [1.165, 1.54) is 8.00 Å². The molecular weight excluding hydrogens is 267 g/mol. The van der Waals surface area contributed by atoms with Gasteiger partial charge in [-0.1, -0.05) is 0 Å². The summed E-state index contributed by atoms with van der Waals surface area (Å²) in [7, 11) is 0. The maximum absolute atomic E-state index is 4.29. The van der Waals surface area contributed by atoms with E-state index in [4.69, 9.17) is 0 Å². The van der Waals surface area contributed by atoms with Crippen LogP contribution in [0.5, 0.6) is 0 Å². The Kier molecular flexibility index (Phi) is 7.62. The van der Waals surface area contributed by atoms with E-state index >= 15 is 0 Å². The molecule has 0 spiro atoms. The Morgan fingerprint density at radius 3 is 1.53 bits per heavy atom. The van der Waals surface area contributed by atoms with Crippen LogP contribution >= 0.6 is 24.8 Å². The Hall–Kier alpha value is -0.406. The van der Waals surface area contributed by atoms with Gasteiger partial charge in [0.25, 0.3) is 0 Å². The van der Waals surface area contributed by atoms with E-state index in [2.05, 4.69) is 22.1 Å². The molecule has 0 aliphatic rings. The van der Waals surface area contributed by atoms with Gasteiger partial charge in [0.15, 0.2) is 0 Å². The van der Waals surface area contributed by atoms with Gasteiger partial charge >= 0.3 is 85.9 Å². The van der Waals surface area contributed by atoms with Crippen LogP contribution in [-0.4, -0.2) is 9.97 Å². The molecule has 0 saturated heterocycles. The van der Waals surface area contributed by atoms with Gasteiger partial charge < -0.3 is 0 Å². The van der Waals surface area contributed by atoms with Crippen molar-refractivity contribution < 1.29 is 19.2 Å². The molecule has 0 atom stereocenters. The summed E-state index contributed by atoms with van der Waals surface area (Å²) < 4.78 is 2.36. The van der Waals surface area contributed by atoms with Crippen LogP contribution in [0, 0.1) is 0 Å². The van der Waals surface area contributed by atoms with E-state index in [1.807, 2.05) is 36.7 Å². The van der Waals surface area contributed by atoms with Gasteiger partial charge in [0.05, 0.1) is 0 Å². The first-order chi connectivity index (χ1) is 6.45. The molecule has 2 aromatic heterocycles. The molecule has 2 aromatic rings. The quantitative estimate of drug-likeness (QED) is 0.774. The first kappa shape index (κ1) is 14.6. The molecule has 0 aliphatic heterocycles. The van der Waals surface area contributed by atoms with Gasteiger partial charge in [-0.05, 0) is 0 Å². The van der Waals surface area contributed by atoms with Crippen LogP contribution in [0.1, 0.15) is 0 Å². The van der Waals surface area contributed by atoms with Crippen LogP contribution in [0.4, 0.5) is 0 Å². The van der Waals surface area contributed by atoms with E-state index in [0.717, 1.165) is 0 Å². The predicted molar refractivity (Wildman–Crippen MR) is 62.2 cm³/mol. The average molecular weight is 277 g/mol. The molecule has 0 radical (unpaired) electrons. The first-order valence-electron chi connectivity index (χ1n) is 4.04. The van der Waals surface area contributed by atoms with E-state index in [-0.39, 0.29) is 44.0 Å². The van der Waals surface area contributed by atoms with Gasteiger partial charge in [-0.25, -0.2) is 0 Å². The van der Waals surface area contributed by atoms with Crippen molar-refractivity contribution in [2.45, 2.75) is 0 Å². The Balaban J connectivity index is 0.000000980. The fourth-order valence-corrected chi connectivity index (χ4v) is 2.41. The van der Waals surface area contributed by atoms with E-state index < -0.39 is 0 Å². The van der Waals surface area contributed by atoms with Crippen LogP contribution < -0.4 is 8.00 Å². The fourth-order valence-electron chi connectivity index (χ4n) is 1.00. The normalized spacial score (nSPS) is 8.27. The van der Waals surface area contributed by atoms with Crippen molar-refractivity contribution in [2.24, 2.45) is 0 Å². The van der Waals surface area contributed by atoms with E-state index in [0.29, 0.717) is 0 Å². The maximum atomic E-state index is 4.29. The van der Waals surface area contributed by atoms with Gasteiger partial charge in [0.1, 0.15) is 0 Å². The molecule has 0 unspecified atom stereocenters. The van der Waals surface area contributed by atoms with Crippen LogP contribution in [-0.2, 0) is 19.2 Å². The molecule has 0 N–H and O–H groups in total. The summed E-state index contributed by atoms with van der Waals surface area (Å²) in [6.07, 6.45) is 3.67. The fraction of sp³-hybridized carbons (Fsp3) is 0. The summed E-state index contributed by atoms with van der Waals surface area (Å²) >= 11 is -0.330. The molecular formula is C10H10Cl2N2Ti. The van der Waals surface area contributed by atoms with Crippen LogP contribution in [0.2, 0.25) is 0 Å². The van der Waals surface area contributed by atoms with Crippen molar-refractivity contribution in [1.29, 1.82) is 0 Å². The van der Waals surface area contributed by atoms with Gasteiger partial charge in [-0.15, -0.1) is 24.8 Å². The number of rotatable bonds is 2. The van der Waals surface area contributed by atoms with Crippen molar-refractivity contribution in [3.05, 3.63) is 48.8 Å². The topological polar surface area (TPSA) is 25.8 Å². The molecule has 0 saturated carbocycles. The monoisotopic (exact) mass is 276 g/mol. The zero-order valence-corrected chi connectivity index (χ0v) is 11.0. The van der Waals surface area contributed by atoms with Gasteiger partial charge in [0, 0.05) is 0 Å². The van der Waals surface area contributed by atoms with Crippen molar-refractivity contribution >= 4 is 32.8 Å². The molecule has 0 fully saturated rings. The van der Waals surface area contributed by atoms with Gasteiger partial charge in [-0.3, -0.25) is 0 Å². The molecule has 78 valence electrons.